The minimum atomic E-state index is -4.66. The summed E-state index contributed by atoms with van der Waals surface area (Å²) in [5.41, 5.74) is -0.569. The highest BCUT2D eigenvalue weighted by Gasteiger charge is 2.33. The molecule has 3 aromatic rings. The summed E-state index contributed by atoms with van der Waals surface area (Å²) in [6, 6.07) is 1.77. The summed E-state index contributed by atoms with van der Waals surface area (Å²) in [6.45, 7) is 4.16. The molecule has 1 saturated heterocycles. The molecule has 4 heterocycles. The van der Waals surface area contributed by atoms with Crippen LogP contribution in [0.15, 0.2) is 21.7 Å². The molecule has 182 valence electrons. The van der Waals surface area contributed by atoms with Crippen LogP contribution in [-0.2, 0) is 23.9 Å². The molecule has 1 fully saturated rings. The molecule has 10 nitrogen and oxygen atoms in total. The Bertz CT molecular complexity index is 1300. The first-order chi connectivity index (χ1) is 16.1. The SMILES string of the molecule is CCc1c(N2CCNCC2)c(=O)n2nc(Br)nc2n1CC(=O)Nc1ccc(C(F)(F)F)nc1Cl. The molecule has 0 radical (unpaired) electrons. The molecule has 0 spiro atoms. The Balaban J connectivity index is 1.72. The van der Waals surface area contributed by atoms with Crippen molar-refractivity contribution in [3.05, 3.63) is 43.8 Å². The highest BCUT2D eigenvalue weighted by Crippen LogP contribution is 2.31. The minimum Gasteiger partial charge on any atom is -0.363 e. The van der Waals surface area contributed by atoms with Gasteiger partial charge in [0.1, 0.15) is 17.9 Å². The second-order valence-electron chi connectivity index (χ2n) is 7.45. The average molecular weight is 564 g/mol. The smallest absolute Gasteiger partial charge is 0.363 e. The van der Waals surface area contributed by atoms with E-state index >= 15 is 0 Å². The molecule has 4 rings (SSSR count). The van der Waals surface area contributed by atoms with E-state index in [4.69, 9.17) is 11.6 Å². The molecule has 0 aliphatic carbocycles. The van der Waals surface area contributed by atoms with Crippen LogP contribution < -0.4 is 21.1 Å². The van der Waals surface area contributed by atoms with Gasteiger partial charge in [-0.2, -0.15) is 22.7 Å². The largest absolute Gasteiger partial charge is 0.433 e. The third-order valence-electron chi connectivity index (χ3n) is 5.28. The summed E-state index contributed by atoms with van der Waals surface area (Å²) >= 11 is 9.04. The minimum absolute atomic E-state index is 0.0697. The quantitative estimate of drug-likeness (QED) is 0.459. The van der Waals surface area contributed by atoms with Crippen LogP contribution in [0.5, 0.6) is 0 Å². The van der Waals surface area contributed by atoms with Crippen LogP contribution in [0.4, 0.5) is 24.5 Å². The molecule has 34 heavy (non-hydrogen) atoms. The lowest BCUT2D eigenvalue weighted by molar-refractivity contribution is -0.141. The first kappa shape index (κ1) is 24.4. The number of hydrogen-bond donors (Lipinski definition) is 2. The lowest BCUT2D eigenvalue weighted by Crippen LogP contribution is -2.47. The van der Waals surface area contributed by atoms with Crippen LogP contribution in [0.2, 0.25) is 5.15 Å². The highest BCUT2D eigenvalue weighted by molar-refractivity contribution is 9.10. The monoisotopic (exact) mass is 562 g/mol. The number of anilines is 2. The summed E-state index contributed by atoms with van der Waals surface area (Å²) in [6.07, 6.45) is -4.24. The molecule has 15 heteroatoms. The number of halogens is 5. The molecular formula is C19H19BrClF3N8O2. The van der Waals surface area contributed by atoms with Crippen molar-refractivity contribution in [3.8, 4) is 0 Å². The Labute approximate surface area is 204 Å². The summed E-state index contributed by atoms with van der Waals surface area (Å²) in [4.78, 5) is 35.6. The van der Waals surface area contributed by atoms with Crippen LogP contribution >= 0.6 is 27.5 Å². The van der Waals surface area contributed by atoms with Crippen molar-refractivity contribution in [2.45, 2.75) is 26.1 Å². The number of aromatic nitrogens is 5. The molecule has 0 unspecified atom stereocenters. The maximum absolute atomic E-state index is 13.3. The molecule has 3 aromatic heterocycles. The van der Waals surface area contributed by atoms with Gasteiger partial charge in [0.05, 0.1) is 11.4 Å². The van der Waals surface area contributed by atoms with Gasteiger partial charge in [-0.15, -0.1) is 5.10 Å². The number of amides is 1. The van der Waals surface area contributed by atoms with Gasteiger partial charge in [0, 0.05) is 26.2 Å². The predicted molar refractivity (Wildman–Crippen MR) is 122 cm³/mol. The topological polar surface area (TPSA) is 109 Å². The molecule has 1 aliphatic heterocycles. The van der Waals surface area contributed by atoms with E-state index in [-0.39, 0.29) is 28.3 Å². The lowest BCUT2D eigenvalue weighted by atomic mass is 10.2. The van der Waals surface area contributed by atoms with Crippen molar-refractivity contribution in [3.63, 3.8) is 0 Å². The summed E-state index contributed by atoms with van der Waals surface area (Å²) in [7, 11) is 0. The number of hydrogen-bond acceptors (Lipinski definition) is 7. The Morgan fingerprint density at radius 1 is 1.26 bits per heavy atom. The fourth-order valence-electron chi connectivity index (χ4n) is 3.81. The second kappa shape index (κ2) is 9.50. The Hall–Kier alpha value is -2.71. The second-order valence-corrected chi connectivity index (χ2v) is 8.52. The number of nitrogens with one attached hydrogen (secondary N) is 2. The van der Waals surface area contributed by atoms with Gasteiger partial charge in [-0.3, -0.25) is 9.59 Å². The fourth-order valence-corrected chi connectivity index (χ4v) is 4.33. The maximum atomic E-state index is 13.3. The van der Waals surface area contributed by atoms with Crippen molar-refractivity contribution in [1.82, 2.24) is 29.5 Å². The van der Waals surface area contributed by atoms with E-state index in [1.54, 1.807) is 4.57 Å². The molecule has 0 aromatic carbocycles. The molecular weight excluding hydrogens is 545 g/mol. The van der Waals surface area contributed by atoms with Crippen molar-refractivity contribution >= 4 is 50.6 Å². The van der Waals surface area contributed by atoms with Gasteiger partial charge < -0.3 is 20.1 Å². The van der Waals surface area contributed by atoms with E-state index in [1.807, 2.05) is 11.8 Å². The van der Waals surface area contributed by atoms with Crippen molar-refractivity contribution < 1.29 is 18.0 Å². The number of pyridine rings is 1. The summed E-state index contributed by atoms with van der Waals surface area (Å²) < 4.78 is 41.4. The molecule has 0 saturated carbocycles. The van der Waals surface area contributed by atoms with Crippen molar-refractivity contribution in [1.29, 1.82) is 0 Å². The first-order valence-corrected chi connectivity index (χ1v) is 11.4. The van der Waals surface area contributed by atoms with Gasteiger partial charge in [-0.05, 0) is 34.5 Å². The molecule has 2 N–H and O–H groups in total. The zero-order valence-corrected chi connectivity index (χ0v) is 20.1. The number of carbonyl (C=O) groups excluding carboxylic acids is 1. The average Bonchev–Trinajstić information content (AvgIpc) is 3.18. The normalized spacial score (nSPS) is 14.6. The van der Waals surface area contributed by atoms with Crippen molar-refractivity contribution in [2.24, 2.45) is 0 Å². The molecule has 0 atom stereocenters. The van der Waals surface area contributed by atoms with Crippen molar-refractivity contribution in [2.75, 3.05) is 36.4 Å². The van der Waals surface area contributed by atoms with Crippen LogP contribution in [0.1, 0.15) is 18.3 Å². The third kappa shape index (κ3) is 4.74. The zero-order chi connectivity index (χ0) is 24.6. The number of piperazine rings is 1. The van der Waals surface area contributed by atoms with Gasteiger partial charge in [0.25, 0.3) is 5.56 Å². The molecule has 0 bridgehead atoms. The molecule has 1 amide bonds. The van der Waals surface area contributed by atoms with Crippen LogP contribution in [0.25, 0.3) is 5.78 Å². The van der Waals surface area contributed by atoms with E-state index in [1.165, 1.54) is 0 Å². The predicted octanol–water partition coefficient (Wildman–Crippen LogP) is 2.33. The van der Waals surface area contributed by atoms with E-state index in [9.17, 15) is 22.8 Å². The molecule has 1 aliphatic rings. The van der Waals surface area contributed by atoms with E-state index in [0.717, 1.165) is 16.6 Å². The van der Waals surface area contributed by atoms with E-state index in [0.29, 0.717) is 44.0 Å². The third-order valence-corrected chi connectivity index (χ3v) is 5.91. The Kier molecular flexibility index (Phi) is 6.82. The van der Waals surface area contributed by atoms with Gasteiger partial charge >= 0.3 is 6.18 Å². The highest BCUT2D eigenvalue weighted by atomic mass is 79.9. The standard InChI is InChI=1S/C19H19BrClF3N8O2/c1-2-11-14(30-7-5-25-6-8-30)16(34)32-18(28-17(20)29-32)31(11)9-13(33)26-10-3-4-12(19(22,23)24)27-15(10)21/h3-4,25H,2,5-9H2,1H3,(H,26,33). The number of carbonyl (C=O) groups is 1. The number of fused-ring (bicyclic) bond motifs is 1. The number of alkyl halides is 3. The van der Waals surface area contributed by atoms with E-state index < -0.39 is 22.9 Å². The number of nitrogens with zero attached hydrogens (tertiary/aromatic N) is 6. The van der Waals surface area contributed by atoms with Crippen LogP contribution in [-0.4, -0.2) is 56.2 Å². The summed E-state index contributed by atoms with van der Waals surface area (Å²) in [5, 5.41) is 9.34. The summed E-state index contributed by atoms with van der Waals surface area (Å²) in [5.74, 6) is -0.437. The van der Waals surface area contributed by atoms with Gasteiger partial charge in [-0.1, -0.05) is 18.5 Å². The Morgan fingerprint density at radius 3 is 2.59 bits per heavy atom. The fraction of sp³-hybridized carbons (Fsp3) is 0.421. The zero-order valence-electron chi connectivity index (χ0n) is 17.8. The van der Waals surface area contributed by atoms with E-state index in [2.05, 4.69) is 41.6 Å². The van der Waals surface area contributed by atoms with Crippen LogP contribution in [0, 0.1) is 0 Å². The number of rotatable bonds is 5. The van der Waals surface area contributed by atoms with Gasteiger partial charge in [0.15, 0.2) is 5.15 Å². The van der Waals surface area contributed by atoms with Gasteiger partial charge in [0.2, 0.25) is 16.4 Å². The first-order valence-electron chi connectivity index (χ1n) is 10.3. The van der Waals surface area contributed by atoms with Crippen LogP contribution in [0.3, 0.4) is 0 Å². The van der Waals surface area contributed by atoms with Gasteiger partial charge in [-0.25, -0.2) is 4.98 Å². The lowest BCUT2D eigenvalue weighted by Gasteiger charge is -2.31. The maximum Gasteiger partial charge on any atom is 0.433 e. The Morgan fingerprint density at radius 2 is 1.97 bits per heavy atom.